The van der Waals surface area contributed by atoms with E-state index in [2.05, 4.69) is 195 Å². The van der Waals surface area contributed by atoms with Crippen LogP contribution >= 0.6 is 0 Å². The van der Waals surface area contributed by atoms with Crippen molar-refractivity contribution in [2.75, 3.05) is 0 Å². The predicted octanol–water partition coefficient (Wildman–Crippen LogP) is 13.5. The summed E-state index contributed by atoms with van der Waals surface area (Å²) in [6.45, 7) is 2.25. The summed E-state index contributed by atoms with van der Waals surface area (Å²) >= 11 is 0. The minimum absolute atomic E-state index is 1.04. The quantitative estimate of drug-likeness (QED) is 0.178. The van der Waals surface area contributed by atoms with Crippen LogP contribution in [0.15, 0.2) is 188 Å². The Balaban J connectivity index is 0.000000137. The first kappa shape index (κ1) is 30.8. The van der Waals surface area contributed by atoms with Crippen LogP contribution in [0.4, 0.5) is 0 Å². The lowest BCUT2D eigenvalue weighted by molar-refractivity contribution is 1.22. The van der Waals surface area contributed by atoms with E-state index < -0.39 is 0 Å². The van der Waals surface area contributed by atoms with Crippen LogP contribution in [0, 0.1) is 6.92 Å². The van der Waals surface area contributed by atoms with Gasteiger partial charge in [-0.15, -0.1) is 0 Å². The predicted molar refractivity (Wildman–Crippen MR) is 216 cm³/mol. The summed E-state index contributed by atoms with van der Waals surface area (Å²) in [5, 5.41) is 0. The molecule has 0 saturated heterocycles. The number of aryl methyl sites for hydroxylation is 1. The molecule has 8 aromatic carbocycles. The molecule has 0 saturated carbocycles. The molecule has 0 unspecified atom stereocenters. The Hall–Kier alpha value is -6.24. The van der Waals surface area contributed by atoms with E-state index in [9.17, 15) is 0 Å². The van der Waals surface area contributed by atoms with Gasteiger partial charge in [0.25, 0.3) is 0 Å². The molecular weight excluding hydrogens is 613 g/mol. The van der Waals surface area contributed by atoms with Crippen molar-refractivity contribution in [1.82, 2.24) is 0 Å². The number of benzene rings is 8. The second-order valence-electron chi connectivity index (χ2n) is 13.8. The Labute approximate surface area is 301 Å². The van der Waals surface area contributed by atoms with Crippen molar-refractivity contribution in [1.29, 1.82) is 0 Å². The minimum Gasteiger partial charge on any atom is -0.0622 e. The maximum absolute atomic E-state index is 2.37. The number of fused-ring (bicyclic) bond motifs is 6. The largest absolute Gasteiger partial charge is 0.0622 e. The third kappa shape index (κ3) is 6.00. The van der Waals surface area contributed by atoms with Gasteiger partial charge in [0, 0.05) is 0 Å². The third-order valence-corrected chi connectivity index (χ3v) is 10.6. The monoisotopic (exact) mass is 650 g/mol. The van der Waals surface area contributed by atoms with Gasteiger partial charge in [0.2, 0.25) is 0 Å². The summed E-state index contributed by atoms with van der Waals surface area (Å²) in [5.41, 5.74) is 23.0. The summed E-state index contributed by atoms with van der Waals surface area (Å²) < 4.78 is 0. The van der Waals surface area contributed by atoms with Gasteiger partial charge in [-0.3, -0.25) is 0 Å². The highest BCUT2D eigenvalue weighted by Gasteiger charge is 2.22. The normalized spacial score (nSPS) is 11.9. The van der Waals surface area contributed by atoms with Gasteiger partial charge in [-0.1, -0.05) is 164 Å². The lowest BCUT2D eigenvalue weighted by atomic mass is 9.94. The third-order valence-electron chi connectivity index (χ3n) is 10.6. The molecule has 0 atom stereocenters. The van der Waals surface area contributed by atoms with Crippen LogP contribution in [-0.2, 0) is 12.8 Å². The van der Waals surface area contributed by atoms with Crippen LogP contribution in [0.25, 0.3) is 66.8 Å². The number of rotatable bonds is 4. The fourth-order valence-corrected chi connectivity index (χ4v) is 7.86. The molecule has 2 aliphatic carbocycles. The van der Waals surface area contributed by atoms with Crippen molar-refractivity contribution < 1.29 is 0 Å². The Morgan fingerprint density at radius 1 is 0.275 bits per heavy atom. The zero-order valence-corrected chi connectivity index (χ0v) is 28.8. The standard InChI is InChI=1S/C26H20.C25H18/c1-18-14-23(20-10-6-3-7-11-20)17-26-24(18)16-22-13-12-21(15-25(22)26)19-8-4-2-5-9-19;1-3-7-18(8-4-1)20-11-13-22-15-23-14-12-21(17-25(23)24(22)16-20)19-9-5-2-6-10-19/h2-15,17H,16H2,1H3;1-14,16-17H,15H2. The highest BCUT2D eigenvalue weighted by molar-refractivity contribution is 5.86. The fourth-order valence-electron chi connectivity index (χ4n) is 7.86. The molecule has 0 heteroatoms. The van der Waals surface area contributed by atoms with Crippen molar-refractivity contribution in [3.05, 3.63) is 216 Å². The Morgan fingerprint density at radius 3 is 1.02 bits per heavy atom. The van der Waals surface area contributed by atoms with E-state index in [1.54, 1.807) is 0 Å². The topological polar surface area (TPSA) is 0 Å². The van der Waals surface area contributed by atoms with Crippen molar-refractivity contribution in [2.45, 2.75) is 19.8 Å². The minimum atomic E-state index is 1.04. The molecule has 0 spiro atoms. The van der Waals surface area contributed by atoms with E-state index in [-0.39, 0.29) is 0 Å². The second-order valence-corrected chi connectivity index (χ2v) is 13.8. The van der Waals surface area contributed by atoms with E-state index in [0.717, 1.165) is 12.8 Å². The van der Waals surface area contributed by atoms with Crippen LogP contribution < -0.4 is 0 Å². The maximum Gasteiger partial charge on any atom is -0.00108 e. The van der Waals surface area contributed by atoms with Crippen LogP contribution in [-0.4, -0.2) is 0 Å². The Morgan fingerprint density at radius 2 is 0.608 bits per heavy atom. The molecule has 0 fully saturated rings. The smallest absolute Gasteiger partial charge is 0.00108 e. The van der Waals surface area contributed by atoms with E-state index in [0.29, 0.717) is 0 Å². The molecule has 0 aliphatic heterocycles. The molecule has 10 rings (SSSR count). The first-order chi connectivity index (χ1) is 25.2. The van der Waals surface area contributed by atoms with Crippen molar-refractivity contribution in [2.24, 2.45) is 0 Å². The lowest BCUT2D eigenvalue weighted by Gasteiger charge is -2.10. The van der Waals surface area contributed by atoms with Gasteiger partial charge in [-0.05, 0) is 139 Å². The summed E-state index contributed by atoms with van der Waals surface area (Å²) in [7, 11) is 0. The fraction of sp³-hybridized carbons (Fsp3) is 0.0588. The van der Waals surface area contributed by atoms with E-state index >= 15 is 0 Å². The van der Waals surface area contributed by atoms with Crippen LogP contribution in [0.3, 0.4) is 0 Å². The lowest BCUT2D eigenvalue weighted by Crippen LogP contribution is -1.88. The molecule has 0 N–H and O–H groups in total. The van der Waals surface area contributed by atoms with Crippen molar-refractivity contribution in [3.8, 4) is 66.8 Å². The first-order valence-corrected chi connectivity index (χ1v) is 17.9. The molecule has 0 aromatic heterocycles. The average molecular weight is 651 g/mol. The van der Waals surface area contributed by atoms with E-state index in [1.165, 1.54) is 94.6 Å². The molecule has 0 nitrogen and oxygen atoms in total. The Bertz CT molecular complexity index is 2400. The van der Waals surface area contributed by atoms with Crippen LogP contribution in [0.2, 0.25) is 0 Å². The Kier molecular flexibility index (Phi) is 7.99. The number of hydrogen-bond acceptors (Lipinski definition) is 0. The molecule has 51 heavy (non-hydrogen) atoms. The zero-order valence-electron chi connectivity index (χ0n) is 28.8. The first-order valence-electron chi connectivity index (χ1n) is 17.9. The van der Waals surface area contributed by atoms with E-state index in [1.807, 2.05) is 0 Å². The van der Waals surface area contributed by atoms with Gasteiger partial charge < -0.3 is 0 Å². The van der Waals surface area contributed by atoms with Gasteiger partial charge >= 0.3 is 0 Å². The SMILES string of the molecule is Cc1cc(-c2ccccc2)cc2c1Cc1ccc(-c3ccccc3)cc1-2.c1ccc(-c2ccc3c(c2)-c2cc(-c4ccccc4)ccc2C3)cc1. The van der Waals surface area contributed by atoms with Gasteiger partial charge in [0.1, 0.15) is 0 Å². The van der Waals surface area contributed by atoms with E-state index in [4.69, 9.17) is 0 Å². The molecule has 0 bridgehead atoms. The molecule has 0 radical (unpaired) electrons. The van der Waals surface area contributed by atoms with Gasteiger partial charge in [0.15, 0.2) is 0 Å². The van der Waals surface area contributed by atoms with Crippen LogP contribution in [0.1, 0.15) is 27.8 Å². The maximum atomic E-state index is 2.37. The van der Waals surface area contributed by atoms with Gasteiger partial charge in [-0.25, -0.2) is 0 Å². The number of hydrogen-bond donors (Lipinski definition) is 0. The summed E-state index contributed by atoms with van der Waals surface area (Å²) in [4.78, 5) is 0. The van der Waals surface area contributed by atoms with Gasteiger partial charge in [0.05, 0.1) is 0 Å². The molecule has 2 aliphatic rings. The second kappa shape index (κ2) is 13.2. The van der Waals surface area contributed by atoms with Gasteiger partial charge in [-0.2, -0.15) is 0 Å². The summed E-state index contributed by atoms with van der Waals surface area (Å²) in [6.07, 6.45) is 2.08. The molecule has 0 amide bonds. The molecular formula is C51H38. The summed E-state index contributed by atoms with van der Waals surface area (Å²) in [5.74, 6) is 0. The average Bonchev–Trinajstić information content (AvgIpc) is 3.77. The highest BCUT2D eigenvalue weighted by Crippen LogP contribution is 2.43. The molecule has 0 heterocycles. The van der Waals surface area contributed by atoms with Crippen LogP contribution in [0.5, 0.6) is 0 Å². The highest BCUT2D eigenvalue weighted by atomic mass is 14.3. The zero-order chi connectivity index (χ0) is 34.1. The van der Waals surface area contributed by atoms with Crippen molar-refractivity contribution in [3.63, 3.8) is 0 Å². The summed E-state index contributed by atoms with van der Waals surface area (Å²) in [6, 6.07) is 68.0. The van der Waals surface area contributed by atoms with Crippen molar-refractivity contribution >= 4 is 0 Å². The molecule has 8 aromatic rings. The molecule has 242 valence electrons.